The number of rotatable bonds is 7. The van der Waals surface area contributed by atoms with Gasteiger partial charge in [0.15, 0.2) is 11.5 Å². The van der Waals surface area contributed by atoms with Gasteiger partial charge in [-0.2, -0.15) is 5.10 Å². The monoisotopic (exact) mass is 499 g/mol. The van der Waals surface area contributed by atoms with E-state index in [4.69, 9.17) is 32.7 Å². The lowest BCUT2D eigenvalue weighted by Crippen LogP contribution is -2.33. The van der Waals surface area contributed by atoms with Gasteiger partial charge in [-0.3, -0.25) is 9.59 Å². The van der Waals surface area contributed by atoms with Gasteiger partial charge in [-0.05, 0) is 55.8 Å². The van der Waals surface area contributed by atoms with Crippen LogP contribution >= 0.6 is 23.2 Å². The van der Waals surface area contributed by atoms with Gasteiger partial charge in [0.25, 0.3) is 0 Å². The Hall–Kier alpha value is -3.55. The van der Waals surface area contributed by atoms with Gasteiger partial charge in [-0.1, -0.05) is 47.5 Å². The van der Waals surface area contributed by atoms with E-state index in [1.165, 1.54) is 7.11 Å². The zero-order valence-electron chi connectivity index (χ0n) is 18.8. The maximum absolute atomic E-state index is 12.2. The van der Waals surface area contributed by atoms with Crippen molar-refractivity contribution in [1.29, 1.82) is 0 Å². The molecule has 3 rings (SSSR count). The Labute approximate surface area is 207 Å². The first-order valence-corrected chi connectivity index (χ1v) is 11.0. The van der Waals surface area contributed by atoms with Gasteiger partial charge >= 0.3 is 11.8 Å². The van der Waals surface area contributed by atoms with E-state index in [0.29, 0.717) is 44.1 Å². The number of carbonyl (C=O) groups excluding carboxylic acids is 2. The summed E-state index contributed by atoms with van der Waals surface area (Å²) in [5.74, 6) is -0.757. The molecule has 0 bridgehead atoms. The minimum absolute atomic E-state index is 0.278. The third-order valence-corrected chi connectivity index (χ3v) is 5.75. The van der Waals surface area contributed by atoms with Crippen molar-refractivity contribution in [2.24, 2.45) is 5.10 Å². The van der Waals surface area contributed by atoms with Gasteiger partial charge in [0.05, 0.1) is 12.8 Å². The first-order valence-electron chi connectivity index (χ1n) is 10.3. The molecule has 0 saturated heterocycles. The summed E-state index contributed by atoms with van der Waals surface area (Å²) in [4.78, 5) is 24.4. The Kier molecular flexibility index (Phi) is 8.51. The molecular weight excluding hydrogens is 477 g/mol. The summed E-state index contributed by atoms with van der Waals surface area (Å²) in [6.45, 7) is 3.71. The highest BCUT2D eigenvalue weighted by molar-refractivity contribution is 6.40. The van der Waals surface area contributed by atoms with Crippen molar-refractivity contribution >= 4 is 46.4 Å². The summed E-state index contributed by atoms with van der Waals surface area (Å²) in [5, 5.41) is 7.65. The Balaban J connectivity index is 1.65. The smallest absolute Gasteiger partial charge is 0.329 e. The Bertz CT molecular complexity index is 1240. The largest absolute Gasteiger partial charge is 0.493 e. The second-order valence-corrected chi connectivity index (χ2v) is 8.06. The lowest BCUT2D eigenvalue weighted by atomic mass is 10.1. The van der Waals surface area contributed by atoms with E-state index in [1.54, 1.807) is 56.3 Å². The minimum Gasteiger partial charge on any atom is -0.493 e. The highest BCUT2D eigenvalue weighted by Crippen LogP contribution is 2.30. The number of amides is 2. The van der Waals surface area contributed by atoms with Crippen LogP contribution in [-0.4, -0.2) is 24.6 Å². The Morgan fingerprint density at radius 3 is 2.41 bits per heavy atom. The van der Waals surface area contributed by atoms with E-state index in [9.17, 15) is 9.59 Å². The van der Waals surface area contributed by atoms with E-state index < -0.39 is 11.8 Å². The normalized spacial score (nSPS) is 11.0. The molecule has 3 aromatic carbocycles. The number of halogens is 2. The molecule has 0 atom stereocenters. The summed E-state index contributed by atoms with van der Waals surface area (Å²) in [5.41, 5.74) is 5.36. The van der Waals surface area contributed by atoms with Crippen molar-refractivity contribution in [2.45, 2.75) is 20.5 Å². The summed E-state index contributed by atoms with van der Waals surface area (Å²) in [7, 11) is 1.53. The summed E-state index contributed by atoms with van der Waals surface area (Å²) < 4.78 is 11.3. The predicted octanol–water partition coefficient (Wildman–Crippen LogP) is 5.37. The maximum atomic E-state index is 12.2. The van der Waals surface area contributed by atoms with Gasteiger partial charge in [0.2, 0.25) is 0 Å². The van der Waals surface area contributed by atoms with Gasteiger partial charge in [-0.15, -0.1) is 0 Å². The van der Waals surface area contributed by atoms with Crippen molar-refractivity contribution in [3.63, 3.8) is 0 Å². The third-order valence-electron chi connectivity index (χ3n) is 4.97. The summed E-state index contributed by atoms with van der Waals surface area (Å²) in [6.07, 6.45) is 0. The zero-order valence-corrected chi connectivity index (χ0v) is 20.3. The highest BCUT2D eigenvalue weighted by Gasteiger charge is 2.15. The minimum atomic E-state index is -0.912. The van der Waals surface area contributed by atoms with E-state index in [1.807, 2.05) is 18.2 Å². The van der Waals surface area contributed by atoms with Gasteiger partial charge in [0.1, 0.15) is 6.61 Å². The van der Waals surface area contributed by atoms with Crippen molar-refractivity contribution < 1.29 is 19.1 Å². The molecule has 0 aliphatic heterocycles. The molecular formula is C25H23Cl2N3O4. The van der Waals surface area contributed by atoms with Crippen LogP contribution < -0.4 is 20.2 Å². The molecule has 0 aliphatic rings. The second kappa shape index (κ2) is 11.5. The number of nitrogens with zero attached hydrogens (tertiary/aromatic N) is 1. The third kappa shape index (κ3) is 6.27. The zero-order chi connectivity index (χ0) is 24.7. The van der Waals surface area contributed by atoms with Crippen LogP contribution in [0, 0.1) is 6.92 Å². The Morgan fingerprint density at radius 2 is 1.68 bits per heavy atom. The number of hydrazone groups is 1. The second-order valence-electron chi connectivity index (χ2n) is 7.25. The number of ether oxygens (including phenoxy) is 2. The Morgan fingerprint density at radius 1 is 0.941 bits per heavy atom. The fourth-order valence-electron chi connectivity index (χ4n) is 2.95. The van der Waals surface area contributed by atoms with Crippen LogP contribution in [0.1, 0.15) is 23.6 Å². The van der Waals surface area contributed by atoms with Crippen LogP contribution in [0.15, 0.2) is 65.8 Å². The first-order chi connectivity index (χ1) is 16.3. The van der Waals surface area contributed by atoms with Crippen LogP contribution in [-0.2, 0) is 16.2 Å². The number of hydrogen-bond acceptors (Lipinski definition) is 5. The lowest BCUT2D eigenvalue weighted by molar-refractivity contribution is -0.136. The molecule has 7 nitrogen and oxygen atoms in total. The molecule has 176 valence electrons. The fourth-order valence-corrected chi connectivity index (χ4v) is 3.32. The van der Waals surface area contributed by atoms with E-state index in [2.05, 4.69) is 15.8 Å². The number of hydrogen-bond donors (Lipinski definition) is 2. The van der Waals surface area contributed by atoms with Crippen LogP contribution in [0.25, 0.3) is 0 Å². The number of carbonyl (C=O) groups is 2. The van der Waals surface area contributed by atoms with Crippen molar-refractivity contribution in [1.82, 2.24) is 5.43 Å². The molecule has 0 spiro atoms. The van der Waals surface area contributed by atoms with Crippen LogP contribution in [0.4, 0.5) is 5.69 Å². The standard InChI is InChI=1S/C25H23Cl2N3O4/c1-15-19(26)9-6-10-21(15)28-24(31)25(32)30-29-16(2)17-11-12-22(23(13-17)33-3)34-14-18-7-4-5-8-20(18)27/h4-13H,14H2,1-3H3,(H,28,31)(H,30,32)/b29-16+. The van der Waals surface area contributed by atoms with Crippen molar-refractivity contribution in [3.05, 3.63) is 87.4 Å². The maximum Gasteiger partial charge on any atom is 0.329 e. The molecule has 0 fully saturated rings. The van der Waals surface area contributed by atoms with Gasteiger partial charge < -0.3 is 14.8 Å². The molecule has 0 saturated carbocycles. The van der Waals surface area contributed by atoms with E-state index in [-0.39, 0.29) is 6.61 Å². The molecule has 0 aliphatic carbocycles. The van der Waals surface area contributed by atoms with Gasteiger partial charge in [0, 0.05) is 26.9 Å². The lowest BCUT2D eigenvalue weighted by Gasteiger charge is -2.13. The molecule has 0 aromatic heterocycles. The summed E-state index contributed by atoms with van der Waals surface area (Å²) >= 11 is 12.2. The molecule has 2 N–H and O–H groups in total. The SMILES string of the molecule is COc1cc(/C(C)=N/NC(=O)C(=O)Nc2cccc(Cl)c2C)ccc1OCc1ccccc1Cl. The number of methoxy groups -OCH3 is 1. The molecule has 2 amide bonds. The predicted molar refractivity (Wildman–Crippen MR) is 134 cm³/mol. The van der Waals surface area contributed by atoms with Crippen LogP contribution in [0.2, 0.25) is 10.0 Å². The first kappa shape index (κ1) is 25.1. The molecule has 3 aromatic rings. The molecule has 0 unspecified atom stereocenters. The van der Waals surface area contributed by atoms with Crippen LogP contribution in [0.3, 0.4) is 0 Å². The summed E-state index contributed by atoms with van der Waals surface area (Å²) in [6, 6.07) is 17.7. The van der Waals surface area contributed by atoms with Crippen molar-refractivity contribution in [2.75, 3.05) is 12.4 Å². The van der Waals surface area contributed by atoms with Crippen molar-refractivity contribution in [3.8, 4) is 11.5 Å². The number of benzene rings is 3. The quantitative estimate of drug-likeness (QED) is 0.260. The average Bonchev–Trinajstić information content (AvgIpc) is 2.84. The van der Waals surface area contributed by atoms with Crippen LogP contribution in [0.5, 0.6) is 11.5 Å². The number of nitrogens with one attached hydrogen (secondary N) is 2. The molecule has 9 heteroatoms. The average molecular weight is 500 g/mol. The highest BCUT2D eigenvalue weighted by atomic mass is 35.5. The molecule has 34 heavy (non-hydrogen) atoms. The number of anilines is 1. The van der Waals surface area contributed by atoms with Gasteiger partial charge in [-0.25, -0.2) is 5.43 Å². The fraction of sp³-hybridized carbons (Fsp3) is 0.160. The molecule has 0 radical (unpaired) electrons. The van der Waals surface area contributed by atoms with E-state index >= 15 is 0 Å². The molecule has 0 heterocycles. The van der Waals surface area contributed by atoms with E-state index in [0.717, 1.165) is 5.56 Å². The topological polar surface area (TPSA) is 89.0 Å².